The highest BCUT2D eigenvalue weighted by Gasteiger charge is 2.27. The van der Waals surface area contributed by atoms with Crippen LogP contribution in [0.3, 0.4) is 0 Å². The average Bonchev–Trinajstić information content (AvgIpc) is 2.67. The van der Waals surface area contributed by atoms with Crippen LogP contribution in [0.4, 0.5) is 0 Å². The molecule has 0 saturated heterocycles. The molecule has 0 bridgehead atoms. The van der Waals surface area contributed by atoms with E-state index in [2.05, 4.69) is 35.4 Å². The van der Waals surface area contributed by atoms with Gasteiger partial charge in [-0.15, -0.1) is 0 Å². The molecule has 0 atom stereocenters. The number of hydrogen-bond donors (Lipinski definition) is 1. The van der Waals surface area contributed by atoms with Crippen molar-refractivity contribution in [3.63, 3.8) is 0 Å². The van der Waals surface area contributed by atoms with Gasteiger partial charge in [0.1, 0.15) is 0 Å². The predicted octanol–water partition coefficient (Wildman–Crippen LogP) is 1.92. The van der Waals surface area contributed by atoms with Gasteiger partial charge in [0.05, 0.1) is 30.0 Å². The third kappa shape index (κ3) is 2.18. The van der Waals surface area contributed by atoms with Crippen LogP contribution in [0.2, 0.25) is 0 Å². The minimum absolute atomic E-state index is 0.102. The molecule has 92 valence electrons. The first-order valence-electron chi connectivity index (χ1n) is 5.82. The number of nitrogens with zero attached hydrogens (tertiary/aromatic N) is 2. The number of fused-ring (bicyclic) bond motifs is 3. The van der Waals surface area contributed by atoms with Crippen molar-refractivity contribution in [2.45, 2.75) is 32.6 Å². The maximum Gasteiger partial charge on any atom is 0.0927 e. The van der Waals surface area contributed by atoms with Gasteiger partial charge in [0.15, 0.2) is 0 Å². The van der Waals surface area contributed by atoms with Crippen LogP contribution in [-0.4, -0.2) is 22.4 Å². The Balaban J connectivity index is 0.000000514. The fraction of sp³-hybridized carbons (Fsp3) is 0.462. The topological polar surface area (TPSA) is 53.1 Å². The zero-order valence-corrected chi connectivity index (χ0v) is 10.6. The number of hydrogen-bond acceptors (Lipinski definition) is 3. The van der Waals surface area contributed by atoms with E-state index < -0.39 is 0 Å². The molecule has 0 aliphatic carbocycles. The lowest BCUT2D eigenvalue weighted by Gasteiger charge is -2.30. The average molecular weight is 233 g/mol. The van der Waals surface area contributed by atoms with E-state index in [1.165, 1.54) is 18.1 Å². The van der Waals surface area contributed by atoms with Gasteiger partial charge in [0.2, 0.25) is 0 Å². The summed E-state index contributed by atoms with van der Waals surface area (Å²) < 4.78 is 7.87. The van der Waals surface area contributed by atoms with Crippen LogP contribution in [0.25, 0.3) is 10.9 Å². The van der Waals surface area contributed by atoms with Crippen molar-refractivity contribution in [2.75, 3.05) is 7.05 Å². The summed E-state index contributed by atoms with van der Waals surface area (Å²) >= 11 is 0. The van der Waals surface area contributed by atoms with E-state index in [9.17, 15) is 0 Å². The number of aromatic nitrogens is 2. The summed E-state index contributed by atoms with van der Waals surface area (Å²) in [5.41, 5.74) is 6.66. The molecule has 2 aromatic rings. The van der Waals surface area contributed by atoms with E-state index in [1.54, 1.807) is 0 Å². The van der Waals surface area contributed by atoms with E-state index in [0.717, 1.165) is 12.1 Å². The maximum atomic E-state index is 5.80. The zero-order chi connectivity index (χ0) is 12.5. The van der Waals surface area contributed by atoms with E-state index >= 15 is 0 Å². The Morgan fingerprint density at radius 1 is 1.29 bits per heavy atom. The summed E-state index contributed by atoms with van der Waals surface area (Å²) in [5.74, 6) is 0. The van der Waals surface area contributed by atoms with Gasteiger partial charge in [-0.25, -0.2) is 0 Å². The second-order valence-electron chi connectivity index (χ2n) is 4.67. The van der Waals surface area contributed by atoms with Crippen LogP contribution in [0.5, 0.6) is 0 Å². The molecule has 0 fully saturated rings. The van der Waals surface area contributed by atoms with Gasteiger partial charge in [0, 0.05) is 5.39 Å². The zero-order valence-electron chi connectivity index (χ0n) is 10.6. The third-order valence-corrected chi connectivity index (χ3v) is 2.89. The van der Waals surface area contributed by atoms with Gasteiger partial charge in [-0.3, -0.25) is 4.68 Å². The highest BCUT2D eigenvalue weighted by Crippen LogP contribution is 2.27. The smallest absolute Gasteiger partial charge is 0.0927 e. The van der Waals surface area contributed by atoms with E-state index in [1.807, 2.05) is 18.2 Å². The Kier molecular flexibility index (Phi) is 3.17. The van der Waals surface area contributed by atoms with Gasteiger partial charge < -0.3 is 10.5 Å². The van der Waals surface area contributed by atoms with Crippen molar-refractivity contribution in [1.82, 2.24) is 9.78 Å². The van der Waals surface area contributed by atoms with E-state index in [4.69, 9.17) is 4.74 Å². The molecule has 2 N–H and O–H groups in total. The largest absolute Gasteiger partial charge is 0.367 e. The summed E-state index contributed by atoms with van der Waals surface area (Å²) in [6, 6.07) is 8.22. The van der Waals surface area contributed by atoms with Crippen LogP contribution < -0.4 is 5.73 Å². The Morgan fingerprint density at radius 3 is 2.76 bits per heavy atom. The van der Waals surface area contributed by atoms with Crippen molar-refractivity contribution >= 4 is 10.9 Å². The van der Waals surface area contributed by atoms with Gasteiger partial charge in [-0.1, -0.05) is 18.2 Å². The summed E-state index contributed by atoms with van der Waals surface area (Å²) in [4.78, 5) is 0. The fourth-order valence-corrected chi connectivity index (χ4v) is 2.09. The standard InChI is InChI=1S/C12H14N2O.CH5N/c1-12(2)8-14-11(7-15-12)9-5-3-4-6-10(9)13-14;1-2/h3-6H,7-8H2,1-2H3;2H2,1H3. The Hall–Kier alpha value is -1.39. The molecular formula is C13H19N3O. The van der Waals surface area contributed by atoms with Crippen LogP contribution in [0, 0.1) is 0 Å². The molecule has 0 unspecified atom stereocenters. The minimum Gasteiger partial charge on any atom is -0.367 e. The highest BCUT2D eigenvalue weighted by atomic mass is 16.5. The SMILES string of the molecule is CC1(C)Cn2nc3ccccc3c2CO1.CN. The molecule has 1 aliphatic rings. The third-order valence-electron chi connectivity index (χ3n) is 2.89. The van der Waals surface area contributed by atoms with E-state index in [-0.39, 0.29) is 5.60 Å². The molecule has 1 aliphatic heterocycles. The molecule has 0 saturated carbocycles. The van der Waals surface area contributed by atoms with Gasteiger partial charge >= 0.3 is 0 Å². The summed E-state index contributed by atoms with van der Waals surface area (Å²) in [5, 5.41) is 5.80. The molecule has 0 radical (unpaired) electrons. The first-order chi connectivity index (χ1) is 8.16. The Bertz CT molecular complexity index is 516. The normalized spacial score (nSPS) is 17.2. The monoisotopic (exact) mass is 233 g/mol. The van der Waals surface area contributed by atoms with Crippen molar-refractivity contribution in [3.8, 4) is 0 Å². The van der Waals surface area contributed by atoms with Gasteiger partial charge in [0.25, 0.3) is 0 Å². The molecule has 17 heavy (non-hydrogen) atoms. The number of nitrogens with two attached hydrogens (primary N) is 1. The van der Waals surface area contributed by atoms with Gasteiger partial charge in [-0.05, 0) is 27.0 Å². The minimum atomic E-state index is -0.102. The van der Waals surface area contributed by atoms with Crippen LogP contribution >= 0.6 is 0 Å². The van der Waals surface area contributed by atoms with Crippen molar-refractivity contribution < 1.29 is 4.74 Å². The van der Waals surface area contributed by atoms with Crippen molar-refractivity contribution in [3.05, 3.63) is 30.0 Å². The first-order valence-corrected chi connectivity index (χ1v) is 5.82. The molecule has 0 amide bonds. The van der Waals surface area contributed by atoms with Crippen LogP contribution in [0.1, 0.15) is 19.5 Å². The summed E-state index contributed by atoms with van der Waals surface area (Å²) in [6.45, 7) is 5.69. The molecular weight excluding hydrogens is 214 g/mol. The summed E-state index contributed by atoms with van der Waals surface area (Å²) in [7, 11) is 1.50. The first kappa shape index (κ1) is 12.1. The van der Waals surface area contributed by atoms with Crippen molar-refractivity contribution in [1.29, 1.82) is 0 Å². The highest BCUT2D eigenvalue weighted by molar-refractivity contribution is 5.81. The number of ether oxygens (including phenoxy) is 1. The summed E-state index contributed by atoms with van der Waals surface area (Å²) in [6.07, 6.45) is 0. The fourth-order valence-electron chi connectivity index (χ4n) is 2.09. The molecule has 4 nitrogen and oxygen atoms in total. The lowest BCUT2D eigenvalue weighted by molar-refractivity contribution is -0.0653. The molecule has 4 heteroatoms. The van der Waals surface area contributed by atoms with Gasteiger partial charge in [-0.2, -0.15) is 5.10 Å². The number of benzene rings is 1. The Labute approximate surface area is 101 Å². The quantitative estimate of drug-likeness (QED) is 0.756. The molecule has 2 heterocycles. The second-order valence-corrected chi connectivity index (χ2v) is 4.67. The lowest BCUT2D eigenvalue weighted by atomic mass is 10.1. The van der Waals surface area contributed by atoms with Crippen molar-refractivity contribution in [2.24, 2.45) is 5.73 Å². The van der Waals surface area contributed by atoms with E-state index in [0.29, 0.717) is 6.61 Å². The molecule has 1 aromatic heterocycles. The second kappa shape index (κ2) is 4.47. The lowest BCUT2D eigenvalue weighted by Crippen LogP contribution is -2.36. The predicted molar refractivity (Wildman–Crippen MR) is 68.7 cm³/mol. The molecule has 1 aromatic carbocycles. The van der Waals surface area contributed by atoms with Crippen LogP contribution in [0.15, 0.2) is 24.3 Å². The maximum absolute atomic E-state index is 5.80. The molecule has 3 rings (SSSR count). The number of rotatable bonds is 0. The Morgan fingerprint density at radius 2 is 2.00 bits per heavy atom. The van der Waals surface area contributed by atoms with Crippen LogP contribution in [-0.2, 0) is 17.9 Å². The molecule has 0 spiro atoms.